The highest BCUT2D eigenvalue weighted by molar-refractivity contribution is 7.20. The molecule has 122 valence electrons. The highest BCUT2D eigenvalue weighted by Gasteiger charge is 2.18. The standard InChI is InChI=1S/C20H20N2OS/c1-2-6-18-19(22-11-3-4-12-22)16-7-5-8-17(20(16)24-18)21-15-9-13-23-14-10-15/h3-5,7-8,11-12,15,21H,9-10,13-14H2,1H3. The van der Waals surface area contributed by atoms with Crippen molar-refractivity contribution in [3.8, 4) is 17.5 Å². The third-order valence-electron chi connectivity index (χ3n) is 4.37. The number of hydrogen-bond donors (Lipinski definition) is 1. The van der Waals surface area contributed by atoms with Crippen LogP contribution < -0.4 is 5.32 Å². The molecule has 3 heterocycles. The Kier molecular flexibility index (Phi) is 4.29. The van der Waals surface area contributed by atoms with E-state index in [4.69, 9.17) is 4.74 Å². The molecule has 0 radical (unpaired) electrons. The summed E-state index contributed by atoms with van der Waals surface area (Å²) in [5.41, 5.74) is 2.40. The van der Waals surface area contributed by atoms with E-state index in [1.807, 2.05) is 6.92 Å². The molecule has 3 nitrogen and oxygen atoms in total. The molecule has 24 heavy (non-hydrogen) atoms. The lowest BCUT2D eigenvalue weighted by Crippen LogP contribution is -2.27. The Labute approximate surface area is 146 Å². The summed E-state index contributed by atoms with van der Waals surface area (Å²) in [4.78, 5) is 1.12. The molecular weight excluding hydrogens is 316 g/mol. The molecule has 1 aliphatic heterocycles. The van der Waals surface area contributed by atoms with Crippen molar-refractivity contribution in [2.75, 3.05) is 18.5 Å². The van der Waals surface area contributed by atoms with Crippen LogP contribution in [0.5, 0.6) is 0 Å². The second kappa shape index (κ2) is 6.72. The first-order valence-electron chi connectivity index (χ1n) is 8.32. The highest BCUT2D eigenvalue weighted by atomic mass is 32.1. The van der Waals surface area contributed by atoms with E-state index in [9.17, 15) is 0 Å². The maximum Gasteiger partial charge on any atom is 0.102 e. The lowest BCUT2D eigenvalue weighted by atomic mass is 10.1. The first kappa shape index (κ1) is 15.3. The fraction of sp³-hybridized carbons (Fsp3) is 0.300. The van der Waals surface area contributed by atoms with Gasteiger partial charge in [0.25, 0.3) is 0 Å². The van der Waals surface area contributed by atoms with Gasteiger partial charge in [0.1, 0.15) is 4.88 Å². The SMILES string of the molecule is CC#Cc1sc2c(NC3CCOCC3)cccc2c1-n1cccc1. The summed E-state index contributed by atoms with van der Waals surface area (Å²) in [5, 5.41) is 4.98. The van der Waals surface area contributed by atoms with Gasteiger partial charge in [0, 0.05) is 37.0 Å². The van der Waals surface area contributed by atoms with Gasteiger partial charge in [-0.3, -0.25) is 0 Å². The number of thiophene rings is 1. The summed E-state index contributed by atoms with van der Waals surface area (Å²) in [7, 11) is 0. The van der Waals surface area contributed by atoms with Gasteiger partial charge in [0.2, 0.25) is 0 Å². The minimum atomic E-state index is 0.488. The fourth-order valence-electron chi connectivity index (χ4n) is 3.22. The van der Waals surface area contributed by atoms with Crippen LogP contribution in [0.3, 0.4) is 0 Å². The molecule has 1 fully saturated rings. The Balaban J connectivity index is 1.82. The lowest BCUT2D eigenvalue weighted by Gasteiger charge is -2.24. The van der Waals surface area contributed by atoms with Crippen LogP contribution in [0.15, 0.2) is 42.7 Å². The number of hydrogen-bond acceptors (Lipinski definition) is 3. The van der Waals surface area contributed by atoms with E-state index in [0.717, 1.165) is 30.9 Å². The predicted molar refractivity (Wildman–Crippen MR) is 101 cm³/mol. The van der Waals surface area contributed by atoms with Gasteiger partial charge >= 0.3 is 0 Å². The van der Waals surface area contributed by atoms with E-state index >= 15 is 0 Å². The van der Waals surface area contributed by atoms with Crippen molar-refractivity contribution < 1.29 is 4.74 Å². The topological polar surface area (TPSA) is 26.2 Å². The number of benzene rings is 1. The van der Waals surface area contributed by atoms with Crippen molar-refractivity contribution in [2.24, 2.45) is 0 Å². The molecule has 0 spiro atoms. The molecule has 0 bridgehead atoms. The van der Waals surface area contributed by atoms with Crippen molar-refractivity contribution in [3.05, 3.63) is 47.6 Å². The van der Waals surface area contributed by atoms with Crippen LogP contribution in [0.2, 0.25) is 0 Å². The summed E-state index contributed by atoms with van der Waals surface area (Å²) >= 11 is 1.77. The van der Waals surface area contributed by atoms with E-state index in [0.29, 0.717) is 6.04 Å². The van der Waals surface area contributed by atoms with Crippen molar-refractivity contribution in [1.82, 2.24) is 4.57 Å². The summed E-state index contributed by atoms with van der Waals surface area (Å²) in [6.45, 7) is 3.59. The van der Waals surface area contributed by atoms with Gasteiger partial charge in [-0.2, -0.15) is 0 Å². The van der Waals surface area contributed by atoms with E-state index in [1.54, 1.807) is 11.3 Å². The van der Waals surface area contributed by atoms with E-state index < -0.39 is 0 Å². The number of ether oxygens (including phenoxy) is 1. The number of anilines is 1. The first-order valence-corrected chi connectivity index (χ1v) is 9.14. The zero-order valence-corrected chi connectivity index (χ0v) is 14.5. The number of fused-ring (bicyclic) bond motifs is 1. The maximum absolute atomic E-state index is 5.47. The van der Waals surface area contributed by atoms with E-state index in [-0.39, 0.29) is 0 Å². The van der Waals surface area contributed by atoms with Crippen LogP contribution >= 0.6 is 11.3 Å². The van der Waals surface area contributed by atoms with E-state index in [1.165, 1.54) is 21.5 Å². The number of rotatable bonds is 3. The zero-order valence-electron chi connectivity index (χ0n) is 13.7. The minimum absolute atomic E-state index is 0.488. The molecule has 0 saturated carbocycles. The normalized spacial score (nSPS) is 15.2. The first-order chi connectivity index (χ1) is 11.9. The molecule has 1 aromatic carbocycles. The Morgan fingerprint density at radius 1 is 1.17 bits per heavy atom. The minimum Gasteiger partial charge on any atom is -0.381 e. The van der Waals surface area contributed by atoms with Crippen molar-refractivity contribution in [3.63, 3.8) is 0 Å². The summed E-state index contributed by atoms with van der Waals surface area (Å²) in [6.07, 6.45) is 6.30. The second-order valence-electron chi connectivity index (χ2n) is 5.96. The number of nitrogens with zero attached hydrogens (tertiary/aromatic N) is 1. The molecule has 4 rings (SSSR count). The molecule has 1 saturated heterocycles. The molecule has 3 aromatic rings. The van der Waals surface area contributed by atoms with Crippen LogP contribution in [0, 0.1) is 11.8 Å². The number of nitrogens with one attached hydrogen (secondary N) is 1. The molecule has 0 unspecified atom stereocenters. The largest absolute Gasteiger partial charge is 0.381 e. The molecule has 1 aliphatic rings. The zero-order chi connectivity index (χ0) is 16.4. The average Bonchev–Trinajstić information content (AvgIpc) is 3.24. The van der Waals surface area contributed by atoms with Crippen molar-refractivity contribution in [2.45, 2.75) is 25.8 Å². The fourth-order valence-corrected chi connectivity index (χ4v) is 4.40. The molecule has 4 heteroatoms. The van der Waals surface area contributed by atoms with Crippen LogP contribution in [-0.2, 0) is 4.74 Å². The smallest absolute Gasteiger partial charge is 0.102 e. The van der Waals surface area contributed by atoms with Crippen LogP contribution in [0.25, 0.3) is 15.8 Å². The second-order valence-corrected chi connectivity index (χ2v) is 6.98. The van der Waals surface area contributed by atoms with E-state index in [2.05, 4.69) is 64.5 Å². The Bertz CT molecular complexity index is 893. The molecular formula is C20H20N2OS. The molecule has 0 atom stereocenters. The van der Waals surface area contributed by atoms with Gasteiger partial charge in [-0.1, -0.05) is 18.1 Å². The summed E-state index contributed by atoms with van der Waals surface area (Å²) < 4.78 is 8.92. The average molecular weight is 336 g/mol. The molecule has 0 aliphatic carbocycles. The molecule has 2 aromatic heterocycles. The van der Waals surface area contributed by atoms with Crippen molar-refractivity contribution >= 4 is 27.1 Å². The lowest BCUT2D eigenvalue weighted by molar-refractivity contribution is 0.0905. The van der Waals surface area contributed by atoms with Gasteiger partial charge < -0.3 is 14.6 Å². The third kappa shape index (κ3) is 2.82. The molecule has 0 amide bonds. The van der Waals surface area contributed by atoms with Gasteiger partial charge in [0.15, 0.2) is 0 Å². The van der Waals surface area contributed by atoms with Gasteiger partial charge in [-0.25, -0.2) is 0 Å². The summed E-state index contributed by atoms with van der Waals surface area (Å²) in [5.74, 6) is 6.34. The Morgan fingerprint density at radius 3 is 2.71 bits per heavy atom. The molecule has 1 N–H and O–H groups in total. The predicted octanol–water partition coefficient (Wildman–Crippen LogP) is 4.65. The number of aromatic nitrogens is 1. The highest BCUT2D eigenvalue weighted by Crippen LogP contribution is 2.38. The monoisotopic (exact) mass is 336 g/mol. The van der Waals surface area contributed by atoms with Gasteiger partial charge in [-0.15, -0.1) is 17.3 Å². The third-order valence-corrected chi connectivity index (χ3v) is 5.51. The van der Waals surface area contributed by atoms with Gasteiger partial charge in [-0.05, 0) is 38.0 Å². The maximum atomic E-state index is 5.47. The quantitative estimate of drug-likeness (QED) is 0.704. The van der Waals surface area contributed by atoms with Gasteiger partial charge in [0.05, 0.1) is 16.1 Å². The van der Waals surface area contributed by atoms with Crippen LogP contribution in [-0.4, -0.2) is 23.8 Å². The van der Waals surface area contributed by atoms with Crippen LogP contribution in [0.1, 0.15) is 24.6 Å². The summed E-state index contributed by atoms with van der Waals surface area (Å²) in [6, 6.07) is 11.1. The Hall–Kier alpha value is -2.22. The Morgan fingerprint density at radius 2 is 1.96 bits per heavy atom. The van der Waals surface area contributed by atoms with Crippen molar-refractivity contribution in [1.29, 1.82) is 0 Å². The van der Waals surface area contributed by atoms with Crippen LogP contribution in [0.4, 0.5) is 5.69 Å².